The summed E-state index contributed by atoms with van der Waals surface area (Å²) in [5.74, 6) is 0.246. The van der Waals surface area contributed by atoms with E-state index in [-0.39, 0.29) is 5.91 Å². The van der Waals surface area contributed by atoms with Crippen LogP contribution in [0.5, 0.6) is 0 Å². The van der Waals surface area contributed by atoms with Crippen LogP contribution in [0.1, 0.15) is 0 Å². The van der Waals surface area contributed by atoms with Crippen molar-refractivity contribution in [3.63, 3.8) is 0 Å². The Hall–Kier alpha value is -0.650. The molecule has 2 aliphatic rings. The van der Waals surface area contributed by atoms with E-state index in [4.69, 9.17) is 4.74 Å². The summed E-state index contributed by atoms with van der Waals surface area (Å²) in [6.45, 7) is 7.47. The van der Waals surface area contributed by atoms with Crippen LogP contribution < -0.4 is 4.90 Å². The number of hydrogen-bond donors (Lipinski definition) is 1. The lowest BCUT2D eigenvalue weighted by Crippen LogP contribution is -3.10. The van der Waals surface area contributed by atoms with Gasteiger partial charge in [-0.05, 0) is 0 Å². The number of hydrogen-bond acceptors (Lipinski definition) is 3. The summed E-state index contributed by atoms with van der Waals surface area (Å²) in [6.07, 6.45) is 0. The molecule has 0 bridgehead atoms. The van der Waals surface area contributed by atoms with Gasteiger partial charge < -0.3 is 14.5 Å². The molecule has 2 heterocycles. The van der Waals surface area contributed by atoms with E-state index in [9.17, 15) is 4.79 Å². The van der Waals surface area contributed by atoms with Crippen LogP contribution in [-0.4, -0.2) is 74.7 Å². The number of quaternary nitrogens is 1. The van der Waals surface area contributed by atoms with Crippen LogP contribution in [0.2, 0.25) is 0 Å². The van der Waals surface area contributed by atoms with Gasteiger partial charge in [-0.1, -0.05) is 0 Å². The zero-order valence-corrected chi connectivity index (χ0v) is 9.78. The normalized spacial score (nSPS) is 24.7. The first-order valence-corrected chi connectivity index (χ1v) is 6.00. The highest BCUT2D eigenvalue weighted by atomic mass is 16.5. The molecule has 2 aliphatic heterocycles. The van der Waals surface area contributed by atoms with Crippen molar-refractivity contribution in [1.29, 1.82) is 0 Å². The Kier molecular flexibility index (Phi) is 4.15. The van der Waals surface area contributed by atoms with Gasteiger partial charge in [0.05, 0.1) is 32.8 Å². The highest BCUT2D eigenvalue weighted by molar-refractivity contribution is 5.78. The maximum Gasteiger partial charge on any atom is 0.236 e. The SMILES string of the molecule is [CH2-][NH+]1CCN(CC(=O)N2CCOCC2)CC1. The number of piperazine rings is 1. The number of carbonyl (C=O) groups is 1. The van der Waals surface area contributed by atoms with E-state index >= 15 is 0 Å². The highest BCUT2D eigenvalue weighted by Gasteiger charge is 2.21. The Morgan fingerprint density at radius 3 is 2.44 bits per heavy atom. The van der Waals surface area contributed by atoms with Gasteiger partial charge in [0, 0.05) is 26.2 Å². The molecule has 2 saturated heterocycles. The lowest BCUT2D eigenvalue weighted by molar-refractivity contribution is -0.858. The van der Waals surface area contributed by atoms with Gasteiger partial charge in [0.1, 0.15) is 0 Å². The number of amides is 1. The minimum atomic E-state index is 0.246. The zero-order chi connectivity index (χ0) is 11.4. The molecule has 0 aliphatic carbocycles. The Labute approximate surface area is 96.9 Å². The molecule has 92 valence electrons. The van der Waals surface area contributed by atoms with E-state index in [1.165, 1.54) is 4.90 Å². The molecule has 5 nitrogen and oxygen atoms in total. The molecule has 0 radical (unpaired) electrons. The summed E-state index contributed by atoms with van der Waals surface area (Å²) in [6, 6.07) is 0. The monoisotopic (exact) mass is 227 g/mol. The minimum Gasteiger partial charge on any atom is -0.466 e. The van der Waals surface area contributed by atoms with Crippen LogP contribution in [0, 0.1) is 7.05 Å². The molecule has 1 N–H and O–H groups in total. The van der Waals surface area contributed by atoms with Crippen LogP contribution >= 0.6 is 0 Å². The number of rotatable bonds is 2. The molecule has 0 spiro atoms. The average molecular weight is 227 g/mol. The Bertz CT molecular complexity index is 233. The Morgan fingerprint density at radius 1 is 1.19 bits per heavy atom. The van der Waals surface area contributed by atoms with Gasteiger partial charge in [-0.3, -0.25) is 9.69 Å². The van der Waals surface area contributed by atoms with Crippen molar-refractivity contribution in [2.45, 2.75) is 0 Å². The second kappa shape index (κ2) is 5.61. The molecule has 2 rings (SSSR count). The third kappa shape index (κ3) is 3.17. The van der Waals surface area contributed by atoms with E-state index in [0.717, 1.165) is 39.3 Å². The third-order valence-corrected chi connectivity index (χ3v) is 3.29. The first-order valence-electron chi connectivity index (χ1n) is 6.00. The fourth-order valence-corrected chi connectivity index (χ4v) is 2.13. The molecule has 16 heavy (non-hydrogen) atoms. The minimum absolute atomic E-state index is 0.246. The number of nitrogens with zero attached hydrogens (tertiary/aromatic N) is 2. The molecule has 0 aromatic heterocycles. The van der Waals surface area contributed by atoms with Crippen molar-refractivity contribution < 1.29 is 14.4 Å². The molecule has 0 aromatic rings. The quantitative estimate of drug-likeness (QED) is 0.546. The van der Waals surface area contributed by atoms with Crippen molar-refractivity contribution in [3.05, 3.63) is 7.05 Å². The van der Waals surface area contributed by atoms with E-state index < -0.39 is 0 Å². The van der Waals surface area contributed by atoms with Crippen molar-refractivity contribution in [2.24, 2.45) is 0 Å². The van der Waals surface area contributed by atoms with E-state index in [0.29, 0.717) is 19.8 Å². The number of morpholine rings is 1. The van der Waals surface area contributed by atoms with Crippen molar-refractivity contribution >= 4 is 5.91 Å². The molecular weight excluding hydrogens is 206 g/mol. The van der Waals surface area contributed by atoms with Gasteiger partial charge in [-0.15, -0.1) is 0 Å². The summed E-state index contributed by atoms with van der Waals surface area (Å²) >= 11 is 0. The summed E-state index contributed by atoms with van der Waals surface area (Å²) in [7, 11) is 3.98. The number of nitrogens with one attached hydrogen (secondary N) is 1. The van der Waals surface area contributed by atoms with Crippen LogP contribution in [0.25, 0.3) is 0 Å². The van der Waals surface area contributed by atoms with E-state index in [1.54, 1.807) is 0 Å². The standard InChI is InChI=1S/C11H21N3O2/c1-12-2-4-13(5-3-12)10-11(15)14-6-8-16-9-7-14/h12H,1-10H2. The molecule has 1 amide bonds. The van der Waals surface area contributed by atoms with Gasteiger partial charge >= 0.3 is 0 Å². The van der Waals surface area contributed by atoms with Gasteiger partial charge in [-0.25, -0.2) is 0 Å². The van der Waals surface area contributed by atoms with Crippen molar-refractivity contribution in [1.82, 2.24) is 9.80 Å². The topological polar surface area (TPSA) is 37.2 Å². The number of carbonyl (C=O) groups excluding carboxylic acids is 1. The Morgan fingerprint density at radius 2 is 1.81 bits per heavy atom. The molecule has 0 aromatic carbocycles. The Balaban J connectivity index is 1.73. The molecule has 0 atom stereocenters. The van der Waals surface area contributed by atoms with Crippen LogP contribution in [0.4, 0.5) is 0 Å². The summed E-state index contributed by atoms with van der Waals surface area (Å²) in [5.41, 5.74) is 0. The molecule has 5 heteroatoms. The van der Waals surface area contributed by atoms with Crippen LogP contribution in [0.15, 0.2) is 0 Å². The van der Waals surface area contributed by atoms with Crippen molar-refractivity contribution in [3.8, 4) is 0 Å². The average Bonchev–Trinajstić information content (AvgIpc) is 2.33. The predicted molar refractivity (Wildman–Crippen MR) is 59.9 cm³/mol. The van der Waals surface area contributed by atoms with E-state index in [2.05, 4.69) is 11.9 Å². The fourth-order valence-electron chi connectivity index (χ4n) is 2.13. The largest absolute Gasteiger partial charge is 0.466 e. The lowest BCUT2D eigenvalue weighted by Gasteiger charge is -2.35. The zero-order valence-electron chi connectivity index (χ0n) is 9.78. The number of ether oxygens (including phenoxy) is 1. The summed E-state index contributed by atoms with van der Waals surface area (Å²) < 4.78 is 5.23. The van der Waals surface area contributed by atoms with Gasteiger partial charge in [0.15, 0.2) is 0 Å². The maximum atomic E-state index is 12.0. The lowest BCUT2D eigenvalue weighted by atomic mass is 10.3. The fraction of sp³-hybridized carbons (Fsp3) is 0.818. The molecule has 0 unspecified atom stereocenters. The van der Waals surface area contributed by atoms with Crippen molar-refractivity contribution in [2.75, 3.05) is 59.0 Å². The second-order valence-corrected chi connectivity index (χ2v) is 4.52. The highest BCUT2D eigenvalue weighted by Crippen LogP contribution is 1.99. The first kappa shape index (κ1) is 11.8. The predicted octanol–water partition coefficient (Wildman–Crippen LogP) is -2.16. The third-order valence-electron chi connectivity index (χ3n) is 3.29. The van der Waals surface area contributed by atoms with Gasteiger partial charge in [0.25, 0.3) is 0 Å². The first-order chi connectivity index (χ1) is 7.75. The van der Waals surface area contributed by atoms with Crippen LogP contribution in [0.3, 0.4) is 0 Å². The van der Waals surface area contributed by atoms with E-state index in [1.807, 2.05) is 4.90 Å². The maximum absolute atomic E-state index is 12.0. The second-order valence-electron chi connectivity index (χ2n) is 4.52. The van der Waals surface area contributed by atoms with Gasteiger partial charge in [-0.2, -0.15) is 7.05 Å². The molecule has 2 fully saturated rings. The molecule has 0 saturated carbocycles. The molecular formula is C11H21N3O2. The van der Waals surface area contributed by atoms with Crippen LogP contribution in [-0.2, 0) is 9.53 Å². The van der Waals surface area contributed by atoms with Gasteiger partial charge in [0.2, 0.25) is 5.91 Å². The smallest absolute Gasteiger partial charge is 0.236 e. The summed E-state index contributed by atoms with van der Waals surface area (Å²) in [5, 5.41) is 0. The summed E-state index contributed by atoms with van der Waals surface area (Å²) in [4.78, 5) is 17.4.